The molecule has 0 saturated heterocycles. The van der Waals surface area contributed by atoms with Crippen molar-refractivity contribution in [2.45, 2.75) is 24.4 Å². The van der Waals surface area contributed by atoms with Gasteiger partial charge in [-0.2, -0.15) is 0 Å². The van der Waals surface area contributed by atoms with Gasteiger partial charge in [0.2, 0.25) is 0 Å². The van der Waals surface area contributed by atoms with Crippen LogP contribution >= 0.6 is 0 Å². The fraction of sp³-hybridized carbons (Fsp3) is 0.833. The normalized spacial score (nSPS) is 18.9. The average Bonchev–Trinajstić information content (AvgIpc) is 2.12. The topological polar surface area (TPSA) is 138 Å². The summed E-state index contributed by atoms with van der Waals surface area (Å²) >= 11 is 0. The number of hydrogen-bond donors (Lipinski definition) is 6. The van der Waals surface area contributed by atoms with Gasteiger partial charge in [-0.3, -0.25) is 0 Å². The first-order valence-corrected chi connectivity index (χ1v) is 3.47. The Balaban J connectivity index is 0. The van der Waals surface area contributed by atoms with Gasteiger partial charge in [0.25, 0.3) is 0 Å². The summed E-state index contributed by atoms with van der Waals surface area (Å²) in [6.45, 7) is -0.843. The summed E-state index contributed by atoms with van der Waals surface area (Å²) < 4.78 is 0. The molecule has 7 nitrogen and oxygen atoms in total. The van der Waals surface area contributed by atoms with Gasteiger partial charge in [0, 0.05) is 0 Å². The molecule has 0 aromatic heterocycles. The molecule has 0 aromatic carbocycles. The minimum Gasteiger partial charge on any atom is -0.479 e. The first-order chi connectivity index (χ1) is 5.91. The summed E-state index contributed by atoms with van der Waals surface area (Å²) in [6.07, 6.45) is -7.84. The van der Waals surface area contributed by atoms with Gasteiger partial charge in [-0.15, -0.1) is 0 Å². The van der Waals surface area contributed by atoms with Crippen molar-refractivity contribution in [3.63, 3.8) is 0 Å². The Kier molecular flexibility index (Phi) is 8.42. The molecule has 0 bridgehead atoms. The molecule has 0 fully saturated rings. The summed E-state index contributed by atoms with van der Waals surface area (Å²) in [5, 5.41) is 51.8. The monoisotopic (exact) mass is 260 g/mol. The zero-order valence-electron chi connectivity index (χ0n) is 7.32. The van der Waals surface area contributed by atoms with E-state index in [-0.39, 0.29) is 19.5 Å². The summed E-state index contributed by atoms with van der Waals surface area (Å²) in [6, 6.07) is 0. The Morgan fingerprint density at radius 1 is 1.07 bits per heavy atom. The van der Waals surface area contributed by atoms with Crippen LogP contribution in [0, 0.1) is 0 Å². The van der Waals surface area contributed by atoms with Gasteiger partial charge in [0.05, 0.1) is 6.61 Å². The summed E-state index contributed by atoms with van der Waals surface area (Å²) in [4.78, 5) is 10.1. The van der Waals surface area contributed by atoms with Crippen molar-refractivity contribution in [1.29, 1.82) is 0 Å². The van der Waals surface area contributed by atoms with E-state index >= 15 is 0 Å². The number of carboxylic acid groups (broad SMARTS) is 1. The fourth-order valence-electron chi connectivity index (χ4n) is 0.668. The van der Waals surface area contributed by atoms with E-state index in [1.807, 2.05) is 0 Å². The maximum Gasteiger partial charge on any atom is 2.00 e. The number of carbonyl (C=O) groups is 1. The zero-order valence-corrected chi connectivity index (χ0v) is 10.3. The molecule has 0 heterocycles. The molecule has 6 N–H and O–H groups in total. The number of aliphatic carboxylic acids is 1. The van der Waals surface area contributed by atoms with E-state index in [2.05, 4.69) is 0 Å². The van der Waals surface area contributed by atoms with Gasteiger partial charge in [-0.1, -0.05) is 0 Å². The number of aliphatic hydroxyl groups is 5. The van der Waals surface area contributed by atoms with E-state index < -0.39 is 37.0 Å². The fourth-order valence-corrected chi connectivity index (χ4v) is 0.668. The molecule has 0 aliphatic carbocycles. The van der Waals surface area contributed by atoms with Crippen LogP contribution in [0.1, 0.15) is 0 Å². The Bertz CT molecular complexity index is 176. The molecule has 0 aliphatic heterocycles. The van der Waals surface area contributed by atoms with Gasteiger partial charge in [-0.05, 0) is 0 Å². The van der Waals surface area contributed by atoms with Crippen LogP contribution in [0.4, 0.5) is 0 Å². The quantitative estimate of drug-likeness (QED) is 0.282. The smallest absolute Gasteiger partial charge is 0.479 e. The van der Waals surface area contributed by atoms with Crippen molar-refractivity contribution in [3.05, 3.63) is 0 Å². The van der Waals surface area contributed by atoms with Crippen LogP contribution in [0.5, 0.6) is 0 Å². The molecular formula is C6H12O7Zn+2. The summed E-state index contributed by atoms with van der Waals surface area (Å²) in [5.41, 5.74) is 0. The predicted octanol–water partition coefficient (Wildman–Crippen LogP) is -3.50. The van der Waals surface area contributed by atoms with E-state index in [1.54, 1.807) is 0 Å². The van der Waals surface area contributed by atoms with Crippen molar-refractivity contribution in [2.75, 3.05) is 6.61 Å². The number of hydrogen-bond acceptors (Lipinski definition) is 6. The SMILES string of the molecule is O=C(O)C(O)C(O)C(O)C(O)CO.[Zn+2]. The van der Waals surface area contributed by atoms with Gasteiger partial charge in [0.1, 0.15) is 18.3 Å². The van der Waals surface area contributed by atoms with Crippen molar-refractivity contribution in [1.82, 2.24) is 0 Å². The second-order valence-electron chi connectivity index (χ2n) is 2.51. The Morgan fingerprint density at radius 3 is 1.79 bits per heavy atom. The first-order valence-electron chi connectivity index (χ1n) is 3.47. The molecule has 0 amide bonds. The van der Waals surface area contributed by atoms with Crippen LogP contribution in [-0.4, -0.2) is 67.6 Å². The molecule has 0 rings (SSSR count). The zero-order chi connectivity index (χ0) is 10.6. The molecule has 8 heteroatoms. The minimum absolute atomic E-state index is 0. The molecule has 0 aromatic rings. The maximum atomic E-state index is 10.1. The van der Waals surface area contributed by atoms with E-state index in [4.69, 9.17) is 30.6 Å². The number of rotatable bonds is 5. The van der Waals surface area contributed by atoms with E-state index in [0.29, 0.717) is 0 Å². The molecule has 4 unspecified atom stereocenters. The summed E-state index contributed by atoms with van der Waals surface area (Å²) in [5.74, 6) is -1.73. The first kappa shape index (κ1) is 16.3. The molecule has 0 radical (unpaired) electrons. The standard InChI is InChI=1S/C6H12O7.Zn/c7-1-2(8)3(9)4(10)5(11)6(12)13;/h2-5,7-11H,1H2,(H,12,13);/q;+2. The van der Waals surface area contributed by atoms with Gasteiger partial charge in [0.15, 0.2) is 6.10 Å². The van der Waals surface area contributed by atoms with E-state index in [0.717, 1.165) is 0 Å². The number of carboxylic acids is 1. The Hall–Kier alpha value is -0.107. The third-order valence-corrected chi connectivity index (χ3v) is 1.51. The van der Waals surface area contributed by atoms with Gasteiger partial charge in [-0.25, -0.2) is 4.79 Å². The molecule has 4 atom stereocenters. The second-order valence-corrected chi connectivity index (χ2v) is 2.51. The largest absolute Gasteiger partial charge is 2.00 e. The van der Waals surface area contributed by atoms with Crippen LogP contribution in [0.25, 0.3) is 0 Å². The van der Waals surface area contributed by atoms with Crippen molar-refractivity contribution in [3.8, 4) is 0 Å². The van der Waals surface area contributed by atoms with Crippen LogP contribution < -0.4 is 0 Å². The molecular weight excluding hydrogens is 249 g/mol. The Labute approximate surface area is 92.4 Å². The molecule has 0 spiro atoms. The molecule has 0 saturated carbocycles. The van der Waals surface area contributed by atoms with Gasteiger partial charge >= 0.3 is 25.4 Å². The second kappa shape index (κ2) is 7.22. The van der Waals surface area contributed by atoms with Gasteiger partial charge < -0.3 is 30.6 Å². The van der Waals surface area contributed by atoms with Crippen molar-refractivity contribution < 1.29 is 54.9 Å². The van der Waals surface area contributed by atoms with Crippen LogP contribution in [0.15, 0.2) is 0 Å². The van der Waals surface area contributed by atoms with Crippen LogP contribution in [0.3, 0.4) is 0 Å². The molecule has 0 aliphatic rings. The van der Waals surface area contributed by atoms with E-state index in [9.17, 15) is 4.79 Å². The average molecular weight is 262 g/mol. The third kappa shape index (κ3) is 4.41. The van der Waals surface area contributed by atoms with Crippen molar-refractivity contribution in [2.24, 2.45) is 0 Å². The van der Waals surface area contributed by atoms with E-state index in [1.165, 1.54) is 0 Å². The summed E-state index contributed by atoms with van der Waals surface area (Å²) in [7, 11) is 0. The van der Waals surface area contributed by atoms with Crippen LogP contribution in [0.2, 0.25) is 0 Å². The minimum atomic E-state index is -2.20. The van der Waals surface area contributed by atoms with Crippen molar-refractivity contribution >= 4 is 5.97 Å². The number of aliphatic hydroxyl groups excluding tert-OH is 5. The third-order valence-electron chi connectivity index (χ3n) is 1.51. The molecule has 78 valence electrons. The van der Waals surface area contributed by atoms with Crippen LogP contribution in [-0.2, 0) is 24.3 Å². The Morgan fingerprint density at radius 2 is 1.50 bits per heavy atom. The predicted molar refractivity (Wildman–Crippen MR) is 38.7 cm³/mol. The molecule has 14 heavy (non-hydrogen) atoms. The maximum absolute atomic E-state index is 10.1.